The van der Waals surface area contributed by atoms with Crippen LogP contribution in [-0.4, -0.2) is 19.3 Å². The summed E-state index contributed by atoms with van der Waals surface area (Å²) in [6.45, 7) is 0. The van der Waals surface area contributed by atoms with Gasteiger partial charge in [-0.3, -0.25) is 4.79 Å². The van der Waals surface area contributed by atoms with E-state index in [2.05, 4.69) is 15.9 Å². The molecule has 2 aromatic carbocycles. The maximum atomic E-state index is 12.2. The Balaban J connectivity index is 2.26. The maximum absolute atomic E-state index is 12.2. The lowest BCUT2D eigenvalue weighted by molar-refractivity contribution is 0.108. The van der Waals surface area contributed by atoms with E-state index in [4.69, 9.17) is 9.47 Å². The van der Waals surface area contributed by atoms with Gasteiger partial charge in [0.2, 0.25) is 5.12 Å². The number of thioether (sulfide) groups is 1. The van der Waals surface area contributed by atoms with Gasteiger partial charge >= 0.3 is 0 Å². The van der Waals surface area contributed by atoms with E-state index in [0.717, 1.165) is 21.1 Å². The molecule has 0 radical (unpaired) electrons. The SMILES string of the molecule is COc1cc(SC(=O)c2ccccc2)cc(Br)c1OC. The first-order valence-electron chi connectivity index (χ1n) is 5.84. The minimum Gasteiger partial charge on any atom is -0.493 e. The van der Waals surface area contributed by atoms with E-state index in [1.807, 2.05) is 24.3 Å². The highest BCUT2D eigenvalue weighted by Crippen LogP contribution is 2.39. The normalized spacial score (nSPS) is 10.2. The Hall–Kier alpha value is -1.46. The first-order valence-corrected chi connectivity index (χ1v) is 7.45. The molecule has 2 rings (SSSR count). The van der Waals surface area contributed by atoms with Gasteiger partial charge in [0, 0.05) is 10.5 Å². The number of hydrogen-bond donors (Lipinski definition) is 0. The number of hydrogen-bond acceptors (Lipinski definition) is 4. The highest BCUT2D eigenvalue weighted by atomic mass is 79.9. The van der Waals surface area contributed by atoms with Crippen LogP contribution in [-0.2, 0) is 0 Å². The average Bonchev–Trinajstić information content (AvgIpc) is 2.47. The van der Waals surface area contributed by atoms with Gasteiger partial charge < -0.3 is 9.47 Å². The fourth-order valence-electron chi connectivity index (χ4n) is 1.69. The van der Waals surface area contributed by atoms with Crippen LogP contribution in [0.15, 0.2) is 51.8 Å². The summed E-state index contributed by atoms with van der Waals surface area (Å²) >= 11 is 4.57. The van der Waals surface area contributed by atoms with Crippen LogP contribution in [0.25, 0.3) is 0 Å². The molecule has 0 aliphatic carbocycles. The molecule has 0 fully saturated rings. The summed E-state index contributed by atoms with van der Waals surface area (Å²) in [7, 11) is 3.14. The quantitative estimate of drug-likeness (QED) is 0.764. The van der Waals surface area contributed by atoms with Gasteiger partial charge in [0.15, 0.2) is 11.5 Å². The summed E-state index contributed by atoms with van der Waals surface area (Å²) in [5.41, 5.74) is 0.670. The molecule has 0 spiro atoms. The molecule has 0 unspecified atom stereocenters. The standard InChI is InChI=1S/C15H13BrO3S/c1-18-13-9-11(8-12(16)14(13)19-2)20-15(17)10-6-4-3-5-7-10/h3-9H,1-2H3. The van der Waals surface area contributed by atoms with Crippen molar-refractivity contribution < 1.29 is 14.3 Å². The Labute approximate surface area is 130 Å². The lowest BCUT2D eigenvalue weighted by Crippen LogP contribution is -1.95. The van der Waals surface area contributed by atoms with Crippen molar-refractivity contribution in [3.8, 4) is 11.5 Å². The molecule has 0 amide bonds. The second kappa shape index (κ2) is 6.81. The largest absolute Gasteiger partial charge is 0.493 e. The molecule has 5 heteroatoms. The monoisotopic (exact) mass is 352 g/mol. The summed E-state index contributed by atoms with van der Waals surface area (Å²) < 4.78 is 11.3. The third-order valence-corrected chi connectivity index (χ3v) is 4.11. The van der Waals surface area contributed by atoms with E-state index in [1.54, 1.807) is 32.4 Å². The van der Waals surface area contributed by atoms with Crippen LogP contribution < -0.4 is 9.47 Å². The Morgan fingerprint density at radius 2 is 1.80 bits per heavy atom. The zero-order chi connectivity index (χ0) is 14.5. The molecule has 20 heavy (non-hydrogen) atoms. The van der Waals surface area contributed by atoms with Crippen molar-refractivity contribution in [3.63, 3.8) is 0 Å². The minimum atomic E-state index is -0.00952. The van der Waals surface area contributed by atoms with Gasteiger partial charge in [-0.2, -0.15) is 0 Å². The number of methoxy groups -OCH3 is 2. The highest BCUT2D eigenvalue weighted by molar-refractivity contribution is 9.10. The number of benzene rings is 2. The van der Waals surface area contributed by atoms with Crippen molar-refractivity contribution >= 4 is 32.8 Å². The van der Waals surface area contributed by atoms with Gasteiger partial charge in [0.25, 0.3) is 0 Å². The lowest BCUT2D eigenvalue weighted by Gasteiger charge is -2.11. The highest BCUT2D eigenvalue weighted by Gasteiger charge is 2.14. The number of carbonyl (C=O) groups is 1. The number of ether oxygens (including phenoxy) is 2. The van der Waals surface area contributed by atoms with Gasteiger partial charge in [-0.25, -0.2) is 0 Å². The van der Waals surface area contributed by atoms with Crippen molar-refractivity contribution in [2.45, 2.75) is 4.90 Å². The Kier molecular flexibility index (Phi) is 5.09. The van der Waals surface area contributed by atoms with E-state index in [0.29, 0.717) is 17.1 Å². The van der Waals surface area contributed by atoms with Crippen molar-refractivity contribution in [2.75, 3.05) is 14.2 Å². The molecule has 3 nitrogen and oxygen atoms in total. The average molecular weight is 353 g/mol. The molecule has 0 heterocycles. The van der Waals surface area contributed by atoms with E-state index < -0.39 is 0 Å². The summed E-state index contributed by atoms with van der Waals surface area (Å²) in [5, 5.41) is -0.00952. The summed E-state index contributed by atoms with van der Waals surface area (Å²) in [5.74, 6) is 1.20. The van der Waals surface area contributed by atoms with E-state index in [1.165, 1.54) is 0 Å². The van der Waals surface area contributed by atoms with E-state index in [9.17, 15) is 4.79 Å². The fraction of sp³-hybridized carbons (Fsp3) is 0.133. The molecule has 0 saturated heterocycles. The topological polar surface area (TPSA) is 35.5 Å². The van der Waals surface area contributed by atoms with Crippen molar-refractivity contribution in [1.82, 2.24) is 0 Å². The second-order valence-corrected chi connectivity index (χ2v) is 5.80. The van der Waals surface area contributed by atoms with Crippen LogP contribution in [0.5, 0.6) is 11.5 Å². The first kappa shape index (κ1) is 14.9. The second-order valence-electron chi connectivity index (χ2n) is 3.90. The van der Waals surface area contributed by atoms with Gasteiger partial charge in [-0.05, 0) is 39.8 Å². The third-order valence-electron chi connectivity index (χ3n) is 2.63. The Bertz CT molecular complexity index is 614. The van der Waals surface area contributed by atoms with Crippen LogP contribution in [0.1, 0.15) is 10.4 Å². The summed E-state index contributed by atoms with van der Waals surface area (Å²) in [4.78, 5) is 12.9. The van der Waals surface area contributed by atoms with Crippen molar-refractivity contribution in [1.29, 1.82) is 0 Å². The molecule has 2 aromatic rings. The lowest BCUT2D eigenvalue weighted by atomic mass is 10.2. The Morgan fingerprint density at radius 1 is 1.10 bits per heavy atom. The predicted molar refractivity (Wildman–Crippen MR) is 83.9 cm³/mol. The first-order chi connectivity index (χ1) is 9.65. The molecule has 0 aliphatic heterocycles. The van der Waals surface area contributed by atoms with Gasteiger partial charge in [-0.15, -0.1) is 0 Å². The number of rotatable bonds is 4. The van der Waals surface area contributed by atoms with Gasteiger partial charge in [0.1, 0.15) is 0 Å². The van der Waals surface area contributed by atoms with Gasteiger partial charge in [0.05, 0.1) is 18.7 Å². The summed E-state index contributed by atoms with van der Waals surface area (Å²) in [6, 6.07) is 12.8. The smallest absolute Gasteiger partial charge is 0.224 e. The molecule has 104 valence electrons. The zero-order valence-electron chi connectivity index (χ0n) is 11.1. The molecule has 0 aromatic heterocycles. The molecule has 0 saturated carbocycles. The Morgan fingerprint density at radius 3 is 2.40 bits per heavy atom. The van der Waals surface area contributed by atoms with Crippen molar-refractivity contribution in [3.05, 3.63) is 52.5 Å². The molecular weight excluding hydrogens is 340 g/mol. The van der Waals surface area contributed by atoms with Crippen molar-refractivity contribution in [2.24, 2.45) is 0 Å². The van der Waals surface area contributed by atoms with Crippen LogP contribution in [0.4, 0.5) is 0 Å². The molecule has 0 aliphatic rings. The molecule has 0 atom stereocenters. The van der Waals surface area contributed by atoms with Crippen LogP contribution in [0.3, 0.4) is 0 Å². The molecule has 0 N–H and O–H groups in total. The van der Waals surface area contributed by atoms with E-state index >= 15 is 0 Å². The van der Waals surface area contributed by atoms with Gasteiger partial charge in [-0.1, -0.05) is 30.3 Å². The minimum absolute atomic E-state index is 0.00952. The maximum Gasteiger partial charge on any atom is 0.224 e. The third kappa shape index (κ3) is 3.35. The fourth-order valence-corrected chi connectivity index (χ4v) is 3.26. The molecule has 0 bridgehead atoms. The zero-order valence-corrected chi connectivity index (χ0v) is 13.5. The number of halogens is 1. The molecular formula is C15H13BrO3S. The predicted octanol–water partition coefficient (Wildman–Crippen LogP) is 4.40. The van der Waals surface area contributed by atoms with Crippen LogP contribution in [0.2, 0.25) is 0 Å². The van der Waals surface area contributed by atoms with E-state index in [-0.39, 0.29) is 5.12 Å². The summed E-state index contributed by atoms with van der Waals surface area (Å²) in [6.07, 6.45) is 0. The number of carbonyl (C=O) groups excluding carboxylic acids is 1. The van der Waals surface area contributed by atoms with Crippen LogP contribution >= 0.6 is 27.7 Å². The van der Waals surface area contributed by atoms with Crippen LogP contribution in [0, 0.1) is 0 Å².